The van der Waals surface area contributed by atoms with Crippen LogP contribution in [0.5, 0.6) is 11.5 Å². The van der Waals surface area contributed by atoms with E-state index in [0.717, 1.165) is 5.56 Å². The first kappa shape index (κ1) is 14.4. The number of hydrogen-bond donors (Lipinski definition) is 1. The first-order chi connectivity index (χ1) is 10.5. The van der Waals surface area contributed by atoms with Crippen molar-refractivity contribution in [3.05, 3.63) is 65.2 Å². The molecule has 0 saturated heterocycles. The predicted octanol–water partition coefficient (Wildman–Crippen LogP) is 4.00. The molecule has 0 saturated carbocycles. The van der Waals surface area contributed by atoms with Crippen LogP contribution in [-0.2, 0) is 6.42 Å². The standard InChI is InChI=1S/C19H18O3/c1-19(2)11-10-15-17(22-19)9-8-14(18(15)21)16(20)12-13-6-4-3-5-7-13/h3-11,21H,12H2,1-2H3. The second-order valence-corrected chi connectivity index (χ2v) is 6.00. The number of benzene rings is 2. The minimum Gasteiger partial charge on any atom is -0.506 e. The molecule has 3 heteroatoms. The second kappa shape index (κ2) is 5.34. The van der Waals surface area contributed by atoms with Gasteiger partial charge in [-0.05, 0) is 43.7 Å². The van der Waals surface area contributed by atoms with Gasteiger partial charge in [-0.1, -0.05) is 30.3 Å². The number of phenolic OH excluding ortho intramolecular Hbond substituents is 1. The van der Waals surface area contributed by atoms with Crippen LogP contribution < -0.4 is 4.74 Å². The molecule has 0 radical (unpaired) electrons. The number of rotatable bonds is 3. The topological polar surface area (TPSA) is 46.5 Å². The molecule has 0 unspecified atom stereocenters. The van der Waals surface area contributed by atoms with Crippen LogP contribution in [0.2, 0.25) is 0 Å². The van der Waals surface area contributed by atoms with Gasteiger partial charge < -0.3 is 9.84 Å². The molecular weight excluding hydrogens is 276 g/mol. The molecule has 22 heavy (non-hydrogen) atoms. The first-order valence-electron chi connectivity index (χ1n) is 7.28. The van der Waals surface area contributed by atoms with E-state index in [1.807, 2.05) is 56.3 Å². The van der Waals surface area contributed by atoms with Crippen molar-refractivity contribution in [3.63, 3.8) is 0 Å². The summed E-state index contributed by atoms with van der Waals surface area (Å²) in [5.74, 6) is 0.483. The molecule has 0 spiro atoms. The zero-order valence-corrected chi connectivity index (χ0v) is 12.7. The van der Waals surface area contributed by atoms with Crippen molar-refractivity contribution in [1.29, 1.82) is 0 Å². The van der Waals surface area contributed by atoms with Crippen LogP contribution in [0.25, 0.3) is 6.08 Å². The second-order valence-electron chi connectivity index (χ2n) is 6.00. The van der Waals surface area contributed by atoms with Gasteiger partial charge in [0, 0.05) is 6.42 Å². The number of fused-ring (bicyclic) bond motifs is 1. The lowest BCUT2D eigenvalue weighted by atomic mass is 9.96. The van der Waals surface area contributed by atoms with E-state index in [1.54, 1.807) is 12.1 Å². The summed E-state index contributed by atoms with van der Waals surface area (Å²) in [4.78, 5) is 12.4. The molecule has 0 aliphatic carbocycles. The van der Waals surface area contributed by atoms with E-state index < -0.39 is 5.60 Å². The molecule has 1 heterocycles. The van der Waals surface area contributed by atoms with Crippen LogP contribution in [0.15, 0.2) is 48.5 Å². The molecule has 0 bridgehead atoms. The fourth-order valence-electron chi connectivity index (χ4n) is 2.54. The highest BCUT2D eigenvalue weighted by atomic mass is 16.5. The Kier molecular flexibility index (Phi) is 3.49. The van der Waals surface area contributed by atoms with Gasteiger partial charge in [0.25, 0.3) is 0 Å². The van der Waals surface area contributed by atoms with Gasteiger partial charge in [-0.3, -0.25) is 4.79 Å². The van der Waals surface area contributed by atoms with Crippen LogP contribution in [0.3, 0.4) is 0 Å². The number of Topliss-reactive ketones (excluding diaryl/α,β-unsaturated/α-hetero) is 1. The van der Waals surface area contributed by atoms with Gasteiger partial charge in [0.05, 0.1) is 11.1 Å². The van der Waals surface area contributed by atoms with Gasteiger partial charge >= 0.3 is 0 Å². The van der Waals surface area contributed by atoms with E-state index in [0.29, 0.717) is 16.9 Å². The van der Waals surface area contributed by atoms with Crippen molar-refractivity contribution in [2.45, 2.75) is 25.9 Å². The maximum Gasteiger partial charge on any atom is 0.170 e. The van der Waals surface area contributed by atoms with E-state index >= 15 is 0 Å². The molecule has 0 fully saturated rings. The van der Waals surface area contributed by atoms with Crippen molar-refractivity contribution in [3.8, 4) is 11.5 Å². The summed E-state index contributed by atoms with van der Waals surface area (Å²) in [7, 11) is 0. The molecule has 1 N–H and O–H groups in total. The summed E-state index contributed by atoms with van der Waals surface area (Å²) in [5, 5.41) is 10.4. The number of ether oxygens (including phenoxy) is 1. The summed E-state index contributed by atoms with van der Waals surface area (Å²) < 4.78 is 5.80. The van der Waals surface area contributed by atoms with Crippen molar-refractivity contribution in [1.82, 2.24) is 0 Å². The average molecular weight is 294 g/mol. The molecule has 0 amide bonds. The van der Waals surface area contributed by atoms with E-state index in [4.69, 9.17) is 4.74 Å². The molecule has 2 aromatic carbocycles. The largest absolute Gasteiger partial charge is 0.506 e. The SMILES string of the molecule is CC1(C)C=Cc2c(ccc(C(=O)Cc3ccccc3)c2O)O1. The van der Waals surface area contributed by atoms with E-state index in [9.17, 15) is 9.90 Å². The van der Waals surface area contributed by atoms with Crippen molar-refractivity contribution in [2.75, 3.05) is 0 Å². The average Bonchev–Trinajstić information content (AvgIpc) is 2.47. The lowest BCUT2D eigenvalue weighted by Gasteiger charge is -2.28. The Balaban J connectivity index is 1.91. The van der Waals surface area contributed by atoms with Gasteiger partial charge in [0.15, 0.2) is 5.78 Å². The lowest BCUT2D eigenvalue weighted by molar-refractivity contribution is 0.0990. The molecule has 0 aromatic heterocycles. The minimum atomic E-state index is -0.408. The Morgan fingerprint density at radius 1 is 1.14 bits per heavy atom. The highest BCUT2D eigenvalue weighted by Crippen LogP contribution is 2.38. The van der Waals surface area contributed by atoms with Crippen LogP contribution in [-0.4, -0.2) is 16.5 Å². The summed E-state index contributed by atoms with van der Waals surface area (Å²) >= 11 is 0. The Hall–Kier alpha value is -2.55. The first-order valence-corrected chi connectivity index (χ1v) is 7.28. The summed E-state index contributed by atoms with van der Waals surface area (Å²) in [6, 6.07) is 12.9. The normalized spacial score (nSPS) is 15.0. The third-order valence-corrected chi connectivity index (χ3v) is 3.71. The maximum atomic E-state index is 12.4. The van der Waals surface area contributed by atoms with E-state index in [1.165, 1.54) is 0 Å². The van der Waals surface area contributed by atoms with E-state index in [2.05, 4.69) is 0 Å². The Labute approximate surface area is 129 Å². The Bertz CT molecular complexity index is 743. The van der Waals surface area contributed by atoms with Crippen LogP contribution in [0, 0.1) is 0 Å². The quantitative estimate of drug-likeness (QED) is 0.870. The van der Waals surface area contributed by atoms with Crippen molar-refractivity contribution in [2.24, 2.45) is 0 Å². The van der Waals surface area contributed by atoms with Gasteiger partial charge in [-0.25, -0.2) is 0 Å². The third kappa shape index (κ3) is 2.75. The van der Waals surface area contributed by atoms with Crippen LogP contribution in [0.4, 0.5) is 0 Å². The molecule has 3 nitrogen and oxygen atoms in total. The molecular formula is C19H18O3. The predicted molar refractivity (Wildman–Crippen MR) is 86.3 cm³/mol. The molecule has 2 aromatic rings. The number of phenols is 1. The number of carbonyl (C=O) groups excluding carboxylic acids is 1. The monoisotopic (exact) mass is 294 g/mol. The summed E-state index contributed by atoms with van der Waals surface area (Å²) in [6.45, 7) is 3.88. The van der Waals surface area contributed by atoms with Crippen LogP contribution in [0.1, 0.15) is 35.3 Å². The zero-order valence-electron chi connectivity index (χ0n) is 12.7. The number of carbonyl (C=O) groups is 1. The molecule has 0 atom stereocenters. The number of aromatic hydroxyl groups is 1. The molecule has 1 aliphatic heterocycles. The summed E-state index contributed by atoms with van der Waals surface area (Å²) in [6.07, 6.45) is 3.96. The highest BCUT2D eigenvalue weighted by Gasteiger charge is 2.25. The molecule has 112 valence electrons. The fraction of sp³-hybridized carbons (Fsp3) is 0.211. The smallest absolute Gasteiger partial charge is 0.170 e. The zero-order chi connectivity index (χ0) is 15.7. The minimum absolute atomic E-state index is 0.00909. The summed E-state index contributed by atoms with van der Waals surface area (Å²) in [5.41, 5.74) is 1.42. The van der Waals surface area contributed by atoms with E-state index in [-0.39, 0.29) is 18.0 Å². The maximum absolute atomic E-state index is 12.4. The van der Waals surface area contributed by atoms with Gasteiger partial charge in [0.1, 0.15) is 17.1 Å². The number of hydrogen-bond acceptors (Lipinski definition) is 3. The third-order valence-electron chi connectivity index (χ3n) is 3.71. The Morgan fingerprint density at radius 2 is 1.86 bits per heavy atom. The molecule has 3 rings (SSSR count). The lowest BCUT2D eigenvalue weighted by Crippen LogP contribution is -2.27. The van der Waals surface area contributed by atoms with Crippen molar-refractivity contribution >= 4 is 11.9 Å². The van der Waals surface area contributed by atoms with Crippen molar-refractivity contribution < 1.29 is 14.6 Å². The molecule has 1 aliphatic rings. The highest BCUT2D eigenvalue weighted by molar-refractivity contribution is 6.01. The van der Waals surface area contributed by atoms with Gasteiger partial charge in [-0.15, -0.1) is 0 Å². The van der Waals surface area contributed by atoms with Gasteiger partial charge in [-0.2, -0.15) is 0 Å². The fourth-order valence-corrected chi connectivity index (χ4v) is 2.54. The van der Waals surface area contributed by atoms with Crippen LogP contribution >= 0.6 is 0 Å². The Morgan fingerprint density at radius 3 is 2.59 bits per heavy atom. The number of ketones is 1. The van der Waals surface area contributed by atoms with Gasteiger partial charge in [0.2, 0.25) is 0 Å².